The van der Waals surface area contributed by atoms with Gasteiger partial charge in [0.15, 0.2) is 0 Å². The van der Waals surface area contributed by atoms with E-state index in [-0.39, 0.29) is 17.9 Å². The zero-order chi connectivity index (χ0) is 12.7. The number of nitrogens with zero attached hydrogens (tertiary/aromatic N) is 1. The molecule has 1 aliphatic heterocycles. The molecule has 0 spiro atoms. The van der Waals surface area contributed by atoms with Crippen molar-refractivity contribution in [3.05, 3.63) is 0 Å². The normalized spacial score (nSPS) is 38.3. The van der Waals surface area contributed by atoms with Gasteiger partial charge >= 0.3 is 0 Å². The summed E-state index contributed by atoms with van der Waals surface area (Å²) in [6, 6.07) is -0.382. The number of rotatable bonds is 3. The summed E-state index contributed by atoms with van der Waals surface area (Å²) >= 11 is 1.71. The van der Waals surface area contributed by atoms with Crippen LogP contribution in [0.1, 0.15) is 25.7 Å². The largest absolute Gasteiger partial charge is 0.368 e. The molecule has 4 atom stereocenters. The van der Waals surface area contributed by atoms with Gasteiger partial charge in [-0.15, -0.1) is 0 Å². The molecule has 4 unspecified atom stereocenters. The maximum absolute atomic E-state index is 12.3. The van der Waals surface area contributed by atoms with E-state index in [1.54, 1.807) is 16.7 Å². The molecule has 0 aromatic rings. The molecular formula is C13H20N2O2S. The van der Waals surface area contributed by atoms with Gasteiger partial charge < -0.3 is 10.6 Å². The lowest BCUT2D eigenvalue weighted by atomic mass is 9.98. The van der Waals surface area contributed by atoms with Crippen molar-refractivity contribution in [2.45, 2.75) is 31.7 Å². The van der Waals surface area contributed by atoms with Gasteiger partial charge in [-0.1, -0.05) is 0 Å². The van der Waals surface area contributed by atoms with E-state index in [0.29, 0.717) is 24.6 Å². The van der Waals surface area contributed by atoms with E-state index in [2.05, 4.69) is 0 Å². The zero-order valence-electron chi connectivity index (χ0n) is 10.5. The van der Waals surface area contributed by atoms with Crippen LogP contribution in [0.4, 0.5) is 0 Å². The van der Waals surface area contributed by atoms with E-state index in [1.807, 2.05) is 0 Å². The fourth-order valence-electron chi connectivity index (χ4n) is 3.56. The van der Waals surface area contributed by atoms with Crippen molar-refractivity contribution < 1.29 is 9.59 Å². The Bertz CT molecular complexity index is 374. The molecule has 0 aromatic heterocycles. The molecule has 3 fully saturated rings. The van der Waals surface area contributed by atoms with Crippen LogP contribution in [0, 0.1) is 17.8 Å². The molecule has 2 aliphatic carbocycles. The molecular weight excluding hydrogens is 248 g/mol. The van der Waals surface area contributed by atoms with Gasteiger partial charge in [0.2, 0.25) is 11.8 Å². The van der Waals surface area contributed by atoms with Gasteiger partial charge in [0.05, 0.1) is 0 Å². The van der Waals surface area contributed by atoms with E-state index in [0.717, 1.165) is 17.6 Å². The highest BCUT2D eigenvalue weighted by atomic mass is 32.2. The van der Waals surface area contributed by atoms with Crippen molar-refractivity contribution in [2.24, 2.45) is 23.5 Å². The van der Waals surface area contributed by atoms with Crippen LogP contribution in [0.25, 0.3) is 0 Å². The highest BCUT2D eigenvalue weighted by molar-refractivity contribution is 7.99. The number of carbonyl (C=O) groups excluding carboxylic acids is 2. The first-order valence-electron chi connectivity index (χ1n) is 6.83. The van der Waals surface area contributed by atoms with Crippen LogP contribution in [0.15, 0.2) is 0 Å². The van der Waals surface area contributed by atoms with Crippen LogP contribution < -0.4 is 5.73 Å². The van der Waals surface area contributed by atoms with Crippen molar-refractivity contribution in [3.8, 4) is 0 Å². The second-order valence-electron chi connectivity index (χ2n) is 5.78. The van der Waals surface area contributed by atoms with E-state index in [4.69, 9.17) is 5.73 Å². The molecule has 2 N–H and O–H groups in total. The number of carbonyl (C=O) groups is 2. The summed E-state index contributed by atoms with van der Waals surface area (Å²) < 4.78 is 0. The van der Waals surface area contributed by atoms with Crippen molar-refractivity contribution >= 4 is 23.6 Å². The predicted molar refractivity (Wildman–Crippen MR) is 71.0 cm³/mol. The number of amides is 2. The smallest absolute Gasteiger partial charge is 0.241 e. The summed E-state index contributed by atoms with van der Waals surface area (Å²) in [5.74, 6) is 3.67. The van der Waals surface area contributed by atoms with Crippen LogP contribution in [0.3, 0.4) is 0 Å². The van der Waals surface area contributed by atoms with Crippen LogP contribution >= 0.6 is 11.8 Å². The minimum Gasteiger partial charge on any atom is -0.368 e. The average molecular weight is 268 g/mol. The van der Waals surface area contributed by atoms with E-state index < -0.39 is 0 Å². The third-order valence-electron chi connectivity index (χ3n) is 4.71. The molecule has 0 bridgehead atoms. The summed E-state index contributed by atoms with van der Waals surface area (Å²) in [5.41, 5.74) is 5.39. The molecule has 2 amide bonds. The molecule has 3 aliphatic rings. The Morgan fingerprint density at radius 1 is 1.33 bits per heavy atom. The molecule has 100 valence electrons. The second kappa shape index (κ2) is 4.76. The van der Waals surface area contributed by atoms with Crippen LogP contribution in [0.5, 0.6) is 0 Å². The third-order valence-corrected chi connectivity index (χ3v) is 5.73. The maximum atomic E-state index is 12.3. The first-order valence-corrected chi connectivity index (χ1v) is 7.99. The molecule has 0 radical (unpaired) electrons. The first-order chi connectivity index (χ1) is 8.66. The number of nitrogens with two attached hydrogens (primary N) is 1. The fraction of sp³-hybridized carbons (Fsp3) is 0.846. The highest BCUT2D eigenvalue weighted by Crippen LogP contribution is 2.56. The van der Waals surface area contributed by atoms with E-state index in [9.17, 15) is 9.59 Å². The van der Waals surface area contributed by atoms with Gasteiger partial charge in [0.25, 0.3) is 0 Å². The lowest BCUT2D eigenvalue weighted by Crippen LogP contribution is -2.52. The summed E-state index contributed by atoms with van der Waals surface area (Å²) in [7, 11) is 0. The first kappa shape index (κ1) is 12.3. The Kier molecular flexibility index (Phi) is 3.26. The Balaban J connectivity index is 1.61. The monoisotopic (exact) mass is 268 g/mol. The standard InChI is InChI=1S/C13H20N2O2S/c14-13(17)11-7-18-4-3-15(11)12(16)6-9-2-1-8-5-10(8)9/h8-11H,1-7H2,(H2,14,17). The quantitative estimate of drug-likeness (QED) is 0.825. The predicted octanol–water partition coefficient (Wildman–Crippen LogP) is 0.852. The van der Waals surface area contributed by atoms with Gasteiger partial charge in [-0.05, 0) is 37.0 Å². The summed E-state index contributed by atoms with van der Waals surface area (Å²) in [4.78, 5) is 25.5. The summed E-state index contributed by atoms with van der Waals surface area (Å²) in [5, 5.41) is 0. The van der Waals surface area contributed by atoms with Crippen LogP contribution in [-0.2, 0) is 9.59 Å². The van der Waals surface area contributed by atoms with Crippen molar-refractivity contribution in [1.29, 1.82) is 0 Å². The minimum atomic E-state index is -0.382. The Labute approximate surface area is 112 Å². The Hall–Kier alpha value is -0.710. The minimum absolute atomic E-state index is 0.150. The molecule has 1 heterocycles. The molecule has 4 nitrogen and oxygen atoms in total. The van der Waals surface area contributed by atoms with E-state index in [1.165, 1.54) is 19.3 Å². The highest BCUT2D eigenvalue weighted by Gasteiger charge is 2.48. The van der Waals surface area contributed by atoms with Gasteiger partial charge in [0.1, 0.15) is 6.04 Å². The third kappa shape index (κ3) is 2.25. The fourth-order valence-corrected chi connectivity index (χ4v) is 4.62. The van der Waals surface area contributed by atoms with Gasteiger partial charge in [-0.25, -0.2) is 0 Å². The van der Waals surface area contributed by atoms with Gasteiger partial charge in [-0.2, -0.15) is 11.8 Å². The van der Waals surface area contributed by atoms with Crippen molar-refractivity contribution in [1.82, 2.24) is 4.90 Å². The second-order valence-corrected chi connectivity index (χ2v) is 6.93. The molecule has 5 heteroatoms. The topological polar surface area (TPSA) is 63.4 Å². The maximum Gasteiger partial charge on any atom is 0.241 e. The number of thioether (sulfide) groups is 1. The molecule has 1 saturated heterocycles. The number of hydrogen-bond acceptors (Lipinski definition) is 3. The zero-order valence-corrected chi connectivity index (χ0v) is 11.3. The number of primary amides is 1. The Morgan fingerprint density at radius 2 is 2.17 bits per heavy atom. The number of fused-ring (bicyclic) bond motifs is 1. The molecule has 3 rings (SSSR count). The van der Waals surface area contributed by atoms with E-state index >= 15 is 0 Å². The van der Waals surface area contributed by atoms with Crippen LogP contribution in [0.2, 0.25) is 0 Å². The lowest BCUT2D eigenvalue weighted by molar-refractivity contribution is -0.139. The number of hydrogen-bond donors (Lipinski definition) is 1. The van der Waals surface area contributed by atoms with Gasteiger partial charge in [0, 0.05) is 24.5 Å². The Morgan fingerprint density at radius 3 is 2.78 bits per heavy atom. The molecule has 2 saturated carbocycles. The molecule has 18 heavy (non-hydrogen) atoms. The lowest BCUT2D eigenvalue weighted by Gasteiger charge is -2.34. The average Bonchev–Trinajstić information content (AvgIpc) is 3.05. The van der Waals surface area contributed by atoms with Gasteiger partial charge in [-0.3, -0.25) is 9.59 Å². The van der Waals surface area contributed by atoms with Crippen molar-refractivity contribution in [3.63, 3.8) is 0 Å². The van der Waals surface area contributed by atoms with Crippen molar-refractivity contribution in [2.75, 3.05) is 18.1 Å². The SMILES string of the molecule is NC(=O)C1CSCCN1C(=O)CC1CCC2CC12. The molecule has 0 aromatic carbocycles. The van der Waals surface area contributed by atoms with Crippen LogP contribution in [-0.4, -0.2) is 40.8 Å². The summed E-state index contributed by atoms with van der Waals surface area (Å²) in [6.07, 6.45) is 4.46. The summed E-state index contributed by atoms with van der Waals surface area (Å²) in [6.45, 7) is 0.678.